The Labute approximate surface area is 90.6 Å². The average Bonchev–Trinajstić information content (AvgIpc) is 2.01. The smallest absolute Gasteiger partial charge is 0.308 e. The maximum Gasteiger partial charge on any atom is 0.308 e. The molecule has 0 aromatic carbocycles. The summed E-state index contributed by atoms with van der Waals surface area (Å²) in [5.41, 5.74) is 2.82. The van der Waals surface area contributed by atoms with Gasteiger partial charge in [-0.2, -0.15) is 0 Å². The maximum atomic E-state index is 10.8. The summed E-state index contributed by atoms with van der Waals surface area (Å²) in [6, 6.07) is -0.0822. The normalized spacial score (nSPS) is 30.5. The molecule has 84 valence electrons. The number of carboxylic acids is 1. The fourth-order valence-corrected chi connectivity index (χ4v) is 2.06. The highest BCUT2D eigenvalue weighted by molar-refractivity contribution is 5.85. The zero-order chi connectivity index (χ0) is 10.1. The molecule has 0 aliphatic heterocycles. The topological polar surface area (TPSA) is 75.3 Å². The van der Waals surface area contributed by atoms with Gasteiger partial charge < -0.3 is 5.11 Å². The van der Waals surface area contributed by atoms with Crippen LogP contribution in [0.25, 0.3) is 0 Å². The molecule has 0 saturated heterocycles. The Bertz CT molecular complexity index is 209. The second-order valence-corrected chi connectivity index (χ2v) is 4.62. The van der Waals surface area contributed by atoms with Gasteiger partial charge in [0.2, 0.25) is 0 Å². The van der Waals surface area contributed by atoms with Crippen molar-refractivity contribution in [2.24, 2.45) is 17.2 Å². The Hall–Kier alpha value is -0.320. The summed E-state index contributed by atoms with van der Waals surface area (Å²) in [5.74, 6) is 4.28. The molecule has 1 aliphatic rings. The van der Waals surface area contributed by atoms with Crippen molar-refractivity contribution in [1.29, 1.82) is 0 Å². The average molecular weight is 223 g/mol. The Morgan fingerprint density at radius 2 is 2.14 bits per heavy atom. The van der Waals surface area contributed by atoms with Crippen molar-refractivity contribution in [2.45, 2.75) is 39.2 Å². The van der Waals surface area contributed by atoms with E-state index < -0.39 is 5.97 Å². The number of hydrogen-bond acceptors (Lipinski definition) is 3. The molecule has 0 aromatic rings. The molecule has 5 heteroatoms. The van der Waals surface area contributed by atoms with Crippen LogP contribution in [0, 0.1) is 11.3 Å². The predicted octanol–water partition coefficient (Wildman–Crippen LogP) is 1.15. The Kier molecular flexibility index (Phi) is 4.84. The summed E-state index contributed by atoms with van der Waals surface area (Å²) >= 11 is 0. The van der Waals surface area contributed by atoms with E-state index >= 15 is 0 Å². The summed E-state index contributed by atoms with van der Waals surface area (Å²) in [6.07, 6.45) is 2.51. The zero-order valence-electron chi connectivity index (χ0n) is 8.62. The first-order valence-corrected chi connectivity index (χ1v) is 4.65. The second-order valence-electron chi connectivity index (χ2n) is 4.62. The second kappa shape index (κ2) is 4.96. The van der Waals surface area contributed by atoms with Crippen molar-refractivity contribution >= 4 is 18.4 Å². The lowest BCUT2D eigenvalue weighted by molar-refractivity contribution is -0.144. The molecular formula is C9H19ClN2O2. The van der Waals surface area contributed by atoms with Crippen molar-refractivity contribution in [1.82, 2.24) is 5.43 Å². The Balaban J connectivity index is 0.00000169. The molecule has 14 heavy (non-hydrogen) atoms. The van der Waals surface area contributed by atoms with Gasteiger partial charge in [0.05, 0.1) is 5.92 Å². The van der Waals surface area contributed by atoms with Crippen molar-refractivity contribution in [2.75, 3.05) is 0 Å². The molecule has 1 fully saturated rings. The minimum Gasteiger partial charge on any atom is -0.481 e. The number of carboxylic acid groups (broad SMARTS) is 1. The first-order chi connectivity index (χ1) is 5.96. The number of aliphatic carboxylic acids is 1. The zero-order valence-corrected chi connectivity index (χ0v) is 9.43. The Morgan fingerprint density at radius 3 is 2.57 bits per heavy atom. The number of rotatable bonds is 2. The van der Waals surface area contributed by atoms with Crippen LogP contribution in [0.15, 0.2) is 0 Å². The van der Waals surface area contributed by atoms with E-state index in [1.807, 2.05) is 0 Å². The first kappa shape index (κ1) is 13.7. The third kappa shape index (κ3) is 3.12. The summed E-state index contributed by atoms with van der Waals surface area (Å²) < 4.78 is 0. The molecule has 4 nitrogen and oxygen atoms in total. The third-order valence-electron chi connectivity index (χ3n) is 2.92. The van der Waals surface area contributed by atoms with Crippen molar-refractivity contribution < 1.29 is 9.90 Å². The molecule has 4 N–H and O–H groups in total. The monoisotopic (exact) mass is 222 g/mol. The number of halogens is 1. The van der Waals surface area contributed by atoms with E-state index in [-0.39, 0.29) is 29.8 Å². The lowest BCUT2D eigenvalue weighted by atomic mass is 9.70. The van der Waals surface area contributed by atoms with Gasteiger partial charge in [-0.05, 0) is 24.7 Å². The van der Waals surface area contributed by atoms with Gasteiger partial charge in [-0.15, -0.1) is 12.4 Å². The highest BCUT2D eigenvalue weighted by atomic mass is 35.5. The molecule has 0 heterocycles. The Morgan fingerprint density at radius 1 is 1.57 bits per heavy atom. The van der Waals surface area contributed by atoms with Crippen LogP contribution >= 0.6 is 12.4 Å². The summed E-state index contributed by atoms with van der Waals surface area (Å²) in [7, 11) is 0. The molecule has 0 amide bonds. The minimum absolute atomic E-state index is 0. The van der Waals surface area contributed by atoms with E-state index in [4.69, 9.17) is 10.9 Å². The van der Waals surface area contributed by atoms with Crippen molar-refractivity contribution in [3.05, 3.63) is 0 Å². The van der Waals surface area contributed by atoms with Crippen LogP contribution in [0.5, 0.6) is 0 Å². The van der Waals surface area contributed by atoms with E-state index in [1.54, 1.807) is 0 Å². The molecular weight excluding hydrogens is 204 g/mol. The van der Waals surface area contributed by atoms with E-state index in [9.17, 15) is 4.79 Å². The fourth-order valence-electron chi connectivity index (χ4n) is 2.06. The predicted molar refractivity (Wildman–Crippen MR) is 57.1 cm³/mol. The number of hydrazine groups is 1. The molecule has 1 aliphatic carbocycles. The molecule has 1 saturated carbocycles. The van der Waals surface area contributed by atoms with E-state index in [1.165, 1.54) is 0 Å². The van der Waals surface area contributed by atoms with Crippen LogP contribution in [0.3, 0.4) is 0 Å². The molecule has 0 radical (unpaired) electrons. The van der Waals surface area contributed by atoms with Crippen LogP contribution in [0.4, 0.5) is 0 Å². The van der Waals surface area contributed by atoms with Gasteiger partial charge in [0.25, 0.3) is 0 Å². The van der Waals surface area contributed by atoms with Crippen LogP contribution in [0.2, 0.25) is 0 Å². The maximum absolute atomic E-state index is 10.8. The van der Waals surface area contributed by atoms with Gasteiger partial charge in [-0.1, -0.05) is 13.8 Å². The number of nitrogens with two attached hydrogens (primary N) is 1. The molecule has 0 spiro atoms. The lowest BCUT2D eigenvalue weighted by Gasteiger charge is -2.38. The standard InChI is InChI=1S/C9H18N2O2.ClH/c1-9(2)4-3-6(8(12)13)7(5-9)11-10;/h6-7,11H,3-5,10H2,1-2H3,(H,12,13);1H. The lowest BCUT2D eigenvalue weighted by Crippen LogP contribution is -2.49. The summed E-state index contributed by atoms with van der Waals surface area (Å²) in [6.45, 7) is 4.30. The van der Waals surface area contributed by atoms with Gasteiger partial charge >= 0.3 is 5.97 Å². The van der Waals surface area contributed by atoms with Gasteiger partial charge in [-0.25, -0.2) is 0 Å². The van der Waals surface area contributed by atoms with Crippen molar-refractivity contribution in [3.8, 4) is 0 Å². The fraction of sp³-hybridized carbons (Fsp3) is 0.889. The third-order valence-corrected chi connectivity index (χ3v) is 2.92. The highest BCUT2D eigenvalue weighted by Gasteiger charge is 2.37. The number of nitrogens with one attached hydrogen (secondary N) is 1. The quantitative estimate of drug-likeness (QED) is 0.484. The van der Waals surface area contributed by atoms with Crippen LogP contribution in [-0.2, 0) is 4.79 Å². The van der Waals surface area contributed by atoms with Crippen LogP contribution in [0.1, 0.15) is 33.1 Å². The van der Waals surface area contributed by atoms with Gasteiger partial charge in [0.15, 0.2) is 0 Å². The van der Waals surface area contributed by atoms with Gasteiger partial charge in [0, 0.05) is 6.04 Å². The van der Waals surface area contributed by atoms with E-state index in [0.717, 1.165) is 19.3 Å². The molecule has 2 unspecified atom stereocenters. The van der Waals surface area contributed by atoms with Gasteiger partial charge in [0.1, 0.15) is 0 Å². The highest BCUT2D eigenvalue weighted by Crippen LogP contribution is 2.37. The van der Waals surface area contributed by atoms with E-state index in [0.29, 0.717) is 0 Å². The minimum atomic E-state index is -0.738. The van der Waals surface area contributed by atoms with Gasteiger partial charge in [-0.3, -0.25) is 16.1 Å². The largest absolute Gasteiger partial charge is 0.481 e. The molecule has 1 rings (SSSR count). The SMILES string of the molecule is CC1(C)CCC(C(=O)O)C(NN)C1.Cl. The number of carbonyl (C=O) groups is 1. The molecule has 2 atom stereocenters. The van der Waals surface area contributed by atoms with E-state index in [2.05, 4.69) is 19.3 Å². The summed E-state index contributed by atoms with van der Waals surface area (Å²) in [4.78, 5) is 10.8. The summed E-state index contributed by atoms with van der Waals surface area (Å²) in [5, 5.41) is 8.91. The molecule has 0 bridgehead atoms. The van der Waals surface area contributed by atoms with Crippen LogP contribution in [-0.4, -0.2) is 17.1 Å². The first-order valence-electron chi connectivity index (χ1n) is 4.65. The molecule has 0 aromatic heterocycles. The van der Waals surface area contributed by atoms with Crippen LogP contribution < -0.4 is 11.3 Å². The van der Waals surface area contributed by atoms with Crippen molar-refractivity contribution in [3.63, 3.8) is 0 Å². The number of hydrogen-bond donors (Lipinski definition) is 3.